The van der Waals surface area contributed by atoms with Gasteiger partial charge in [0.25, 0.3) is 0 Å². The lowest BCUT2D eigenvalue weighted by atomic mass is 10.1. The van der Waals surface area contributed by atoms with E-state index < -0.39 is 10.0 Å². The van der Waals surface area contributed by atoms with Crippen LogP contribution in [-0.2, 0) is 21.2 Å². The van der Waals surface area contributed by atoms with Crippen molar-refractivity contribution >= 4 is 27.3 Å². The lowest BCUT2D eigenvalue weighted by Crippen LogP contribution is -2.32. The van der Waals surface area contributed by atoms with Gasteiger partial charge in [-0.15, -0.1) is 0 Å². The van der Waals surface area contributed by atoms with E-state index in [0.717, 1.165) is 30.1 Å². The lowest BCUT2D eigenvalue weighted by molar-refractivity contribution is -0.119. The molecule has 0 unspecified atom stereocenters. The van der Waals surface area contributed by atoms with E-state index in [0.29, 0.717) is 31.7 Å². The molecule has 0 heterocycles. The molecule has 0 radical (unpaired) electrons. The molecule has 2 aromatic rings. The Morgan fingerprint density at radius 1 is 0.941 bits per heavy atom. The molecule has 0 bridgehead atoms. The molecular weight excluding hydrogens is 452 g/mol. The average molecular weight is 491 g/mol. The lowest BCUT2D eigenvalue weighted by Gasteiger charge is -2.26. The number of benzene rings is 2. The van der Waals surface area contributed by atoms with Gasteiger partial charge < -0.3 is 20.3 Å². The number of hydrogen-bond acceptors (Lipinski definition) is 6. The third kappa shape index (κ3) is 7.11. The highest BCUT2D eigenvalue weighted by Gasteiger charge is 2.23. The van der Waals surface area contributed by atoms with Crippen molar-refractivity contribution in [1.82, 2.24) is 9.62 Å². The fraction of sp³-hybridized carbons (Fsp3) is 0.480. The number of anilines is 2. The largest absolute Gasteiger partial charge is 0.497 e. The Bertz CT molecular complexity index is 1020. The minimum absolute atomic E-state index is 0.0473. The van der Waals surface area contributed by atoms with Crippen LogP contribution in [0.5, 0.6) is 5.75 Å². The van der Waals surface area contributed by atoms with Gasteiger partial charge in [0.05, 0.1) is 29.9 Å². The van der Waals surface area contributed by atoms with E-state index in [9.17, 15) is 13.2 Å². The zero-order valence-corrected chi connectivity index (χ0v) is 21.7. The minimum atomic E-state index is -3.60. The summed E-state index contributed by atoms with van der Waals surface area (Å²) in [6.07, 6.45) is 0.706. The topological polar surface area (TPSA) is 91.0 Å². The molecule has 0 spiro atoms. The van der Waals surface area contributed by atoms with Gasteiger partial charge in [-0.25, -0.2) is 8.42 Å². The highest BCUT2D eigenvalue weighted by molar-refractivity contribution is 7.89. The second-order valence-corrected chi connectivity index (χ2v) is 9.68. The van der Waals surface area contributed by atoms with Crippen LogP contribution in [0, 0.1) is 0 Å². The van der Waals surface area contributed by atoms with Gasteiger partial charge in [-0.05, 0) is 56.2 Å². The standard InChI is InChI=1S/C25H38N4O4S/c1-6-28(7-2)24-15-14-22(34(31,32)29(8-3)9-4)18-23(24)27-19-25(30)26-17-16-20-10-12-21(33-5)13-11-20/h10-15,18,27H,6-9,16-17,19H2,1-5H3,(H,26,30). The van der Waals surface area contributed by atoms with Crippen molar-refractivity contribution in [2.75, 3.05) is 56.6 Å². The van der Waals surface area contributed by atoms with E-state index in [1.165, 1.54) is 4.31 Å². The van der Waals surface area contributed by atoms with E-state index in [4.69, 9.17) is 4.74 Å². The number of amides is 1. The van der Waals surface area contributed by atoms with Crippen LogP contribution >= 0.6 is 0 Å². The monoisotopic (exact) mass is 490 g/mol. The summed E-state index contributed by atoms with van der Waals surface area (Å²) in [5.74, 6) is 0.641. The molecule has 0 saturated carbocycles. The smallest absolute Gasteiger partial charge is 0.243 e. The molecular formula is C25H38N4O4S. The maximum absolute atomic E-state index is 13.0. The Morgan fingerprint density at radius 3 is 2.15 bits per heavy atom. The van der Waals surface area contributed by atoms with Crippen molar-refractivity contribution in [2.45, 2.75) is 39.0 Å². The third-order valence-corrected chi connectivity index (χ3v) is 7.80. The van der Waals surface area contributed by atoms with Crippen LogP contribution in [0.15, 0.2) is 47.4 Å². The fourth-order valence-electron chi connectivity index (χ4n) is 3.75. The van der Waals surface area contributed by atoms with E-state index in [1.807, 2.05) is 58.0 Å². The predicted molar refractivity (Wildman–Crippen MR) is 138 cm³/mol. The van der Waals surface area contributed by atoms with Crippen LogP contribution in [0.2, 0.25) is 0 Å². The SMILES string of the molecule is CCN(CC)c1ccc(S(=O)(=O)N(CC)CC)cc1NCC(=O)NCCc1ccc(OC)cc1. The molecule has 1 amide bonds. The maximum Gasteiger partial charge on any atom is 0.243 e. The van der Waals surface area contributed by atoms with Gasteiger partial charge in [-0.2, -0.15) is 4.31 Å². The number of hydrogen-bond donors (Lipinski definition) is 2. The predicted octanol–water partition coefficient (Wildman–Crippen LogP) is 3.34. The summed E-state index contributed by atoms with van der Waals surface area (Å²) in [7, 11) is -1.98. The van der Waals surface area contributed by atoms with Gasteiger partial charge in [-0.1, -0.05) is 26.0 Å². The first kappa shape index (κ1) is 27.5. The number of sulfonamides is 1. The molecule has 0 aromatic heterocycles. The van der Waals surface area contributed by atoms with Crippen molar-refractivity contribution in [3.8, 4) is 5.75 Å². The molecule has 0 aliphatic rings. The molecule has 9 heteroatoms. The molecule has 34 heavy (non-hydrogen) atoms. The molecule has 0 aliphatic carbocycles. The van der Waals surface area contributed by atoms with E-state index in [-0.39, 0.29) is 17.3 Å². The number of methoxy groups -OCH3 is 1. The Morgan fingerprint density at radius 2 is 1.59 bits per heavy atom. The average Bonchev–Trinajstić information content (AvgIpc) is 2.85. The van der Waals surface area contributed by atoms with E-state index >= 15 is 0 Å². The van der Waals surface area contributed by atoms with Crippen molar-refractivity contribution in [3.05, 3.63) is 48.0 Å². The Kier molecular flexibility index (Phi) is 10.7. The van der Waals surface area contributed by atoms with Crippen molar-refractivity contribution in [2.24, 2.45) is 0 Å². The summed E-state index contributed by atoms with van der Waals surface area (Å²) in [5.41, 5.74) is 2.60. The maximum atomic E-state index is 13.0. The van der Waals surface area contributed by atoms with E-state index in [1.54, 1.807) is 19.2 Å². The zero-order chi connectivity index (χ0) is 25.1. The molecule has 0 saturated heterocycles. The number of nitrogens with one attached hydrogen (secondary N) is 2. The zero-order valence-electron chi connectivity index (χ0n) is 20.9. The Labute approximate surface area is 204 Å². The number of carbonyl (C=O) groups excluding carboxylic acids is 1. The Hall–Kier alpha value is -2.78. The van der Waals surface area contributed by atoms with Crippen LogP contribution in [-0.4, -0.2) is 65.0 Å². The molecule has 188 valence electrons. The van der Waals surface area contributed by atoms with Crippen LogP contribution < -0.4 is 20.3 Å². The summed E-state index contributed by atoms with van der Waals surface area (Å²) in [5, 5.41) is 6.08. The van der Waals surface area contributed by atoms with Crippen LogP contribution in [0.25, 0.3) is 0 Å². The summed E-state index contributed by atoms with van der Waals surface area (Å²) < 4.78 is 32.6. The van der Waals surface area contributed by atoms with Crippen molar-refractivity contribution in [3.63, 3.8) is 0 Å². The first-order chi connectivity index (χ1) is 16.3. The van der Waals surface area contributed by atoms with Crippen LogP contribution in [0.3, 0.4) is 0 Å². The summed E-state index contributed by atoms with van der Waals surface area (Å²) in [6, 6.07) is 12.8. The second kappa shape index (κ2) is 13.2. The number of carbonyl (C=O) groups is 1. The summed E-state index contributed by atoms with van der Waals surface area (Å²) in [6.45, 7) is 10.6. The van der Waals surface area contributed by atoms with Crippen molar-refractivity contribution in [1.29, 1.82) is 0 Å². The first-order valence-corrected chi connectivity index (χ1v) is 13.3. The van der Waals surface area contributed by atoms with Gasteiger partial charge in [0.1, 0.15) is 5.75 Å². The quantitative estimate of drug-likeness (QED) is 0.422. The summed E-state index contributed by atoms with van der Waals surface area (Å²) in [4.78, 5) is 14.8. The molecule has 0 fully saturated rings. The molecule has 2 N–H and O–H groups in total. The minimum Gasteiger partial charge on any atom is -0.497 e. The van der Waals surface area contributed by atoms with Gasteiger partial charge in [0.15, 0.2) is 0 Å². The molecule has 0 atom stereocenters. The Balaban J connectivity index is 2.10. The summed E-state index contributed by atoms with van der Waals surface area (Å²) >= 11 is 0. The third-order valence-electron chi connectivity index (χ3n) is 5.75. The van der Waals surface area contributed by atoms with Crippen LogP contribution in [0.4, 0.5) is 11.4 Å². The van der Waals surface area contributed by atoms with Gasteiger partial charge in [-0.3, -0.25) is 4.79 Å². The number of ether oxygens (including phenoxy) is 1. The van der Waals surface area contributed by atoms with Gasteiger partial charge >= 0.3 is 0 Å². The molecule has 8 nitrogen and oxygen atoms in total. The number of rotatable bonds is 14. The van der Waals surface area contributed by atoms with Gasteiger partial charge in [0.2, 0.25) is 15.9 Å². The van der Waals surface area contributed by atoms with Crippen molar-refractivity contribution < 1.29 is 17.9 Å². The van der Waals surface area contributed by atoms with Gasteiger partial charge in [0, 0.05) is 32.7 Å². The van der Waals surface area contributed by atoms with Crippen LogP contribution in [0.1, 0.15) is 33.3 Å². The second-order valence-electron chi connectivity index (χ2n) is 7.74. The highest BCUT2D eigenvalue weighted by Crippen LogP contribution is 2.30. The molecule has 2 aromatic carbocycles. The highest BCUT2D eigenvalue weighted by atomic mass is 32.2. The first-order valence-electron chi connectivity index (χ1n) is 11.8. The fourth-order valence-corrected chi connectivity index (χ4v) is 5.23. The molecule has 2 rings (SSSR count). The normalized spacial score (nSPS) is 11.4. The number of nitrogens with zero attached hydrogens (tertiary/aromatic N) is 2. The van der Waals surface area contributed by atoms with E-state index in [2.05, 4.69) is 15.5 Å². The molecule has 0 aliphatic heterocycles.